The summed E-state index contributed by atoms with van der Waals surface area (Å²) < 4.78 is 9.71. The number of hydrogen-bond donors (Lipinski definition) is 1. The first kappa shape index (κ1) is 14.6. The summed E-state index contributed by atoms with van der Waals surface area (Å²) in [5.41, 5.74) is 1.73. The van der Waals surface area contributed by atoms with Crippen molar-refractivity contribution < 1.29 is 19.1 Å². The van der Waals surface area contributed by atoms with Crippen LogP contribution in [-0.4, -0.2) is 19.2 Å². The van der Waals surface area contributed by atoms with E-state index in [-0.39, 0.29) is 6.61 Å². The summed E-state index contributed by atoms with van der Waals surface area (Å²) in [4.78, 5) is 23.1. The monoisotopic (exact) mass is 285 g/mol. The molecular formula is C16H15NO4. The van der Waals surface area contributed by atoms with Gasteiger partial charge in [-0.15, -0.1) is 0 Å². The molecule has 2 aromatic rings. The van der Waals surface area contributed by atoms with Gasteiger partial charge in [-0.25, -0.2) is 9.59 Å². The number of anilines is 1. The predicted molar refractivity (Wildman–Crippen MR) is 78.0 cm³/mol. The number of amides is 1. The van der Waals surface area contributed by atoms with Gasteiger partial charge in [0, 0.05) is 5.69 Å². The Morgan fingerprint density at radius 1 is 1.05 bits per heavy atom. The summed E-state index contributed by atoms with van der Waals surface area (Å²) in [5.74, 6) is -0.462. The number of carbonyl (C=O) groups is 2. The molecule has 0 aromatic heterocycles. The molecule has 0 radical (unpaired) electrons. The van der Waals surface area contributed by atoms with Gasteiger partial charge in [-0.3, -0.25) is 5.32 Å². The second-order valence-electron chi connectivity index (χ2n) is 4.26. The lowest BCUT2D eigenvalue weighted by Gasteiger charge is -2.08. The van der Waals surface area contributed by atoms with Gasteiger partial charge in [0.1, 0.15) is 6.61 Å². The highest BCUT2D eigenvalue weighted by atomic mass is 16.5. The van der Waals surface area contributed by atoms with Crippen molar-refractivity contribution in [3.63, 3.8) is 0 Å². The van der Waals surface area contributed by atoms with Crippen LogP contribution in [0.3, 0.4) is 0 Å². The van der Waals surface area contributed by atoms with Crippen LogP contribution < -0.4 is 5.32 Å². The molecule has 5 nitrogen and oxygen atoms in total. The van der Waals surface area contributed by atoms with E-state index < -0.39 is 12.1 Å². The van der Waals surface area contributed by atoms with E-state index in [1.54, 1.807) is 18.2 Å². The van der Waals surface area contributed by atoms with Crippen molar-refractivity contribution in [2.75, 3.05) is 12.4 Å². The molecule has 0 bridgehead atoms. The fraction of sp³-hybridized carbons (Fsp3) is 0.125. The summed E-state index contributed by atoms with van der Waals surface area (Å²) in [5, 5.41) is 2.56. The van der Waals surface area contributed by atoms with Crippen LogP contribution in [0.15, 0.2) is 54.6 Å². The minimum absolute atomic E-state index is 0.184. The normalized spacial score (nSPS) is 9.76. The van der Waals surface area contributed by atoms with E-state index in [1.165, 1.54) is 13.2 Å². The van der Waals surface area contributed by atoms with Crippen molar-refractivity contribution in [2.45, 2.75) is 6.61 Å². The molecule has 21 heavy (non-hydrogen) atoms. The lowest BCUT2D eigenvalue weighted by atomic mass is 10.2. The van der Waals surface area contributed by atoms with E-state index >= 15 is 0 Å². The van der Waals surface area contributed by atoms with Gasteiger partial charge >= 0.3 is 12.1 Å². The number of ether oxygens (including phenoxy) is 2. The minimum atomic E-state index is -0.583. The lowest BCUT2D eigenvalue weighted by Crippen LogP contribution is -2.14. The fourth-order valence-electron chi connectivity index (χ4n) is 1.72. The SMILES string of the molecule is COC(=O)c1cccc(NC(=O)OCc2ccccc2)c1. The van der Waals surface area contributed by atoms with Crippen molar-refractivity contribution in [1.29, 1.82) is 0 Å². The molecule has 108 valence electrons. The zero-order valence-electron chi connectivity index (χ0n) is 11.5. The Morgan fingerprint density at radius 3 is 2.52 bits per heavy atom. The number of nitrogens with one attached hydrogen (secondary N) is 1. The standard InChI is InChI=1S/C16H15NO4/c1-20-15(18)13-8-5-9-14(10-13)17-16(19)21-11-12-6-3-2-4-7-12/h2-10H,11H2,1H3,(H,17,19). The quantitative estimate of drug-likeness (QED) is 0.876. The Balaban J connectivity index is 1.92. The highest BCUT2D eigenvalue weighted by Crippen LogP contribution is 2.12. The van der Waals surface area contributed by atoms with E-state index in [0.29, 0.717) is 11.3 Å². The molecule has 0 unspecified atom stereocenters. The Kier molecular flexibility index (Phi) is 4.93. The summed E-state index contributed by atoms with van der Waals surface area (Å²) in [6, 6.07) is 15.8. The first-order chi connectivity index (χ1) is 10.2. The zero-order chi connectivity index (χ0) is 15.1. The Labute approximate surface area is 122 Å². The number of rotatable bonds is 4. The summed E-state index contributed by atoms with van der Waals surface area (Å²) in [6.07, 6.45) is -0.583. The van der Waals surface area contributed by atoms with E-state index in [4.69, 9.17) is 4.74 Å². The maximum absolute atomic E-state index is 11.7. The highest BCUT2D eigenvalue weighted by molar-refractivity contribution is 5.92. The van der Waals surface area contributed by atoms with Gasteiger partial charge in [-0.1, -0.05) is 36.4 Å². The van der Waals surface area contributed by atoms with Crippen molar-refractivity contribution in [3.8, 4) is 0 Å². The number of carbonyl (C=O) groups excluding carboxylic acids is 2. The van der Waals surface area contributed by atoms with Crippen LogP contribution in [0.25, 0.3) is 0 Å². The molecule has 1 N–H and O–H groups in total. The van der Waals surface area contributed by atoms with Crippen molar-refractivity contribution >= 4 is 17.7 Å². The minimum Gasteiger partial charge on any atom is -0.465 e. The summed E-state index contributed by atoms with van der Waals surface area (Å²) in [6.45, 7) is 0.184. The first-order valence-corrected chi connectivity index (χ1v) is 6.35. The molecule has 0 saturated carbocycles. The molecule has 0 aliphatic heterocycles. The van der Waals surface area contributed by atoms with E-state index in [2.05, 4.69) is 10.1 Å². The highest BCUT2D eigenvalue weighted by Gasteiger charge is 2.08. The van der Waals surface area contributed by atoms with Gasteiger partial charge in [0.2, 0.25) is 0 Å². The number of hydrogen-bond acceptors (Lipinski definition) is 4. The molecule has 5 heteroatoms. The maximum atomic E-state index is 11.7. The lowest BCUT2D eigenvalue weighted by molar-refractivity contribution is 0.0600. The second kappa shape index (κ2) is 7.09. The van der Waals surface area contributed by atoms with Gasteiger partial charge in [0.05, 0.1) is 12.7 Å². The van der Waals surface area contributed by atoms with Crippen LogP contribution in [-0.2, 0) is 16.1 Å². The van der Waals surface area contributed by atoms with Crippen LogP contribution in [0.1, 0.15) is 15.9 Å². The van der Waals surface area contributed by atoms with Crippen LogP contribution in [0.2, 0.25) is 0 Å². The number of benzene rings is 2. The molecular weight excluding hydrogens is 270 g/mol. The molecule has 0 fully saturated rings. The third-order valence-corrected chi connectivity index (χ3v) is 2.74. The van der Waals surface area contributed by atoms with Crippen molar-refractivity contribution in [3.05, 3.63) is 65.7 Å². The van der Waals surface area contributed by atoms with Crippen LogP contribution in [0.4, 0.5) is 10.5 Å². The average molecular weight is 285 g/mol. The fourth-order valence-corrected chi connectivity index (χ4v) is 1.72. The number of esters is 1. The molecule has 0 saturated heterocycles. The number of methoxy groups -OCH3 is 1. The van der Waals surface area contributed by atoms with Crippen LogP contribution >= 0.6 is 0 Å². The molecule has 2 aromatic carbocycles. The summed E-state index contributed by atoms with van der Waals surface area (Å²) >= 11 is 0. The molecule has 1 amide bonds. The largest absolute Gasteiger partial charge is 0.465 e. The molecule has 0 spiro atoms. The zero-order valence-corrected chi connectivity index (χ0v) is 11.5. The van der Waals surface area contributed by atoms with E-state index in [9.17, 15) is 9.59 Å². The Bertz CT molecular complexity index is 625. The van der Waals surface area contributed by atoms with Gasteiger partial charge in [0.25, 0.3) is 0 Å². The summed E-state index contributed by atoms with van der Waals surface area (Å²) in [7, 11) is 1.30. The van der Waals surface area contributed by atoms with Gasteiger partial charge in [-0.2, -0.15) is 0 Å². The third-order valence-electron chi connectivity index (χ3n) is 2.74. The maximum Gasteiger partial charge on any atom is 0.411 e. The molecule has 0 heterocycles. The van der Waals surface area contributed by atoms with Gasteiger partial charge in [0.15, 0.2) is 0 Å². The Morgan fingerprint density at radius 2 is 1.81 bits per heavy atom. The van der Waals surface area contributed by atoms with E-state index in [0.717, 1.165) is 5.56 Å². The molecule has 0 aliphatic rings. The van der Waals surface area contributed by atoms with E-state index in [1.807, 2.05) is 30.3 Å². The van der Waals surface area contributed by atoms with Crippen LogP contribution in [0.5, 0.6) is 0 Å². The average Bonchev–Trinajstić information content (AvgIpc) is 2.53. The first-order valence-electron chi connectivity index (χ1n) is 6.35. The van der Waals surface area contributed by atoms with Crippen molar-refractivity contribution in [1.82, 2.24) is 0 Å². The molecule has 2 rings (SSSR count). The second-order valence-corrected chi connectivity index (χ2v) is 4.26. The van der Waals surface area contributed by atoms with Crippen molar-refractivity contribution in [2.24, 2.45) is 0 Å². The Hall–Kier alpha value is -2.82. The molecule has 0 atom stereocenters. The van der Waals surface area contributed by atoms with Gasteiger partial charge in [-0.05, 0) is 23.8 Å². The topological polar surface area (TPSA) is 64.6 Å². The van der Waals surface area contributed by atoms with Crippen LogP contribution in [0, 0.1) is 0 Å². The third kappa shape index (κ3) is 4.35. The van der Waals surface area contributed by atoms with Gasteiger partial charge < -0.3 is 9.47 Å². The predicted octanol–water partition coefficient (Wildman–Crippen LogP) is 3.22. The molecule has 0 aliphatic carbocycles. The smallest absolute Gasteiger partial charge is 0.411 e.